The zero-order valence-electron chi connectivity index (χ0n) is 10.4. The van der Waals surface area contributed by atoms with E-state index in [9.17, 15) is 9.50 Å². The maximum atomic E-state index is 13.0. The van der Waals surface area contributed by atoms with E-state index < -0.39 is 17.7 Å². The molecule has 96 valence electrons. The Bertz CT molecular complexity index is 498. The minimum absolute atomic E-state index is 0.162. The Hall–Kier alpha value is -1.68. The highest BCUT2D eigenvalue weighted by Crippen LogP contribution is 2.27. The number of hydrogen-bond donors (Lipinski definition) is 1. The molecule has 1 aromatic rings. The fourth-order valence-corrected chi connectivity index (χ4v) is 1.80. The number of aliphatic hydroxyl groups is 1. The van der Waals surface area contributed by atoms with Gasteiger partial charge in [0.05, 0.1) is 0 Å². The Morgan fingerprint density at radius 1 is 1.50 bits per heavy atom. The smallest absolute Gasteiger partial charge is 0.216 e. The Kier molecular flexibility index (Phi) is 3.48. The molecule has 0 radical (unpaired) electrons. The van der Waals surface area contributed by atoms with E-state index in [-0.39, 0.29) is 5.88 Å². The molecule has 0 saturated heterocycles. The fourth-order valence-electron chi connectivity index (χ4n) is 1.80. The molecule has 0 bridgehead atoms. The first kappa shape index (κ1) is 12.8. The van der Waals surface area contributed by atoms with E-state index in [1.807, 2.05) is 13.0 Å². The van der Waals surface area contributed by atoms with E-state index in [0.717, 1.165) is 12.0 Å². The number of aromatic nitrogens is 1. The monoisotopic (exact) mass is 249 g/mol. The number of hydrogen-bond acceptors (Lipinski definition) is 3. The van der Waals surface area contributed by atoms with Crippen molar-refractivity contribution in [3.8, 4) is 5.88 Å². The molecule has 1 unspecified atom stereocenters. The molecule has 0 aromatic carbocycles. The van der Waals surface area contributed by atoms with E-state index in [4.69, 9.17) is 4.74 Å². The van der Waals surface area contributed by atoms with Gasteiger partial charge in [0.1, 0.15) is 6.10 Å². The number of ether oxygens (including phenoxy) is 1. The fraction of sp³-hybridized carbons (Fsp3) is 0.357. The molecular formula is C14H16FNO2. The quantitative estimate of drug-likeness (QED) is 0.837. The zero-order valence-corrected chi connectivity index (χ0v) is 10.4. The minimum atomic E-state index is -0.917. The molecule has 3 nitrogen and oxygen atoms in total. The number of aliphatic hydroxyl groups excluding tert-OH is 1. The van der Waals surface area contributed by atoms with Crippen LogP contribution in [0.1, 0.15) is 20.3 Å². The van der Waals surface area contributed by atoms with Crippen molar-refractivity contribution in [3.63, 3.8) is 0 Å². The average molecular weight is 249 g/mol. The second-order valence-corrected chi connectivity index (χ2v) is 4.46. The Labute approximate surface area is 106 Å². The van der Waals surface area contributed by atoms with Crippen LogP contribution in [-0.2, 0) is 0 Å². The first-order chi connectivity index (χ1) is 8.53. The molecule has 1 heterocycles. The topological polar surface area (TPSA) is 42.4 Å². The number of pyridine rings is 1. The van der Waals surface area contributed by atoms with Gasteiger partial charge in [-0.1, -0.05) is 19.1 Å². The molecule has 1 N–H and O–H groups in total. The van der Waals surface area contributed by atoms with Gasteiger partial charge in [-0.3, -0.25) is 0 Å². The van der Waals surface area contributed by atoms with Crippen LogP contribution in [0.3, 0.4) is 0 Å². The van der Waals surface area contributed by atoms with Crippen molar-refractivity contribution in [3.05, 3.63) is 47.9 Å². The van der Waals surface area contributed by atoms with E-state index in [1.54, 1.807) is 25.1 Å². The molecule has 0 fully saturated rings. The van der Waals surface area contributed by atoms with Crippen molar-refractivity contribution >= 4 is 0 Å². The third kappa shape index (κ3) is 2.59. The molecule has 0 aliphatic heterocycles. The van der Waals surface area contributed by atoms with Crippen molar-refractivity contribution in [1.82, 2.24) is 4.98 Å². The minimum Gasteiger partial charge on any atom is -0.464 e. The van der Waals surface area contributed by atoms with Crippen molar-refractivity contribution < 1.29 is 14.2 Å². The highest BCUT2D eigenvalue weighted by atomic mass is 19.1. The lowest BCUT2D eigenvalue weighted by Crippen LogP contribution is -2.43. The van der Waals surface area contributed by atoms with E-state index >= 15 is 0 Å². The summed E-state index contributed by atoms with van der Waals surface area (Å²) in [6, 6.07) is 4.33. The van der Waals surface area contributed by atoms with Crippen LogP contribution >= 0.6 is 0 Å². The lowest BCUT2D eigenvalue weighted by atomic mass is 9.90. The number of rotatable bonds is 3. The second kappa shape index (κ2) is 4.90. The molecule has 1 aliphatic rings. The van der Waals surface area contributed by atoms with Crippen LogP contribution in [0.4, 0.5) is 4.39 Å². The molecule has 4 heteroatoms. The van der Waals surface area contributed by atoms with Crippen LogP contribution in [0.15, 0.2) is 42.0 Å². The molecular weight excluding hydrogens is 233 g/mol. The van der Waals surface area contributed by atoms with Gasteiger partial charge in [0.2, 0.25) is 11.8 Å². The molecule has 18 heavy (non-hydrogen) atoms. The summed E-state index contributed by atoms with van der Waals surface area (Å²) in [6.07, 6.45) is 5.51. The van der Waals surface area contributed by atoms with Gasteiger partial charge in [-0.2, -0.15) is 9.37 Å². The molecule has 1 aromatic heterocycles. The summed E-state index contributed by atoms with van der Waals surface area (Å²) in [5.41, 5.74) is 0.134. The van der Waals surface area contributed by atoms with Gasteiger partial charge >= 0.3 is 0 Å². The summed E-state index contributed by atoms with van der Waals surface area (Å²) in [4.78, 5) is 3.63. The SMILES string of the molecule is CCC1=CC(O)[C@@](C)(Oc2cccc(F)n2)C=C1. The van der Waals surface area contributed by atoms with Crippen molar-refractivity contribution in [1.29, 1.82) is 0 Å². The van der Waals surface area contributed by atoms with Crippen LogP contribution < -0.4 is 4.74 Å². The predicted octanol–water partition coefficient (Wildman–Crippen LogP) is 2.63. The highest BCUT2D eigenvalue weighted by molar-refractivity contribution is 5.32. The number of nitrogens with zero attached hydrogens (tertiary/aromatic N) is 1. The maximum absolute atomic E-state index is 13.0. The van der Waals surface area contributed by atoms with Gasteiger partial charge in [0.15, 0.2) is 5.60 Å². The average Bonchev–Trinajstić information content (AvgIpc) is 2.33. The summed E-state index contributed by atoms with van der Waals surface area (Å²) in [5, 5.41) is 10.1. The summed E-state index contributed by atoms with van der Waals surface area (Å²) in [7, 11) is 0. The third-order valence-corrected chi connectivity index (χ3v) is 3.01. The summed E-state index contributed by atoms with van der Waals surface area (Å²) in [5.74, 6) is -0.440. The first-order valence-corrected chi connectivity index (χ1v) is 5.93. The van der Waals surface area contributed by atoms with Gasteiger partial charge in [-0.05, 0) is 37.1 Å². The standard InChI is InChI=1S/C14H16FNO2/c1-3-10-7-8-14(2,11(17)9-10)18-13-6-4-5-12(15)16-13/h4-9,11,17H,3H2,1-2H3/t11?,14-/m0/s1. The van der Waals surface area contributed by atoms with E-state index in [2.05, 4.69) is 4.98 Å². The number of halogens is 1. The summed E-state index contributed by atoms with van der Waals surface area (Å²) < 4.78 is 18.6. The van der Waals surface area contributed by atoms with Crippen LogP contribution in [0.2, 0.25) is 0 Å². The zero-order chi connectivity index (χ0) is 13.2. The van der Waals surface area contributed by atoms with Gasteiger partial charge in [-0.25, -0.2) is 0 Å². The van der Waals surface area contributed by atoms with Crippen LogP contribution in [0.25, 0.3) is 0 Å². The molecule has 2 rings (SSSR count). The normalized spacial score (nSPS) is 26.9. The molecule has 1 aliphatic carbocycles. The van der Waals surface area contributed by atoms with Gasteiger partial charge in [0.25, 0.3) is 0 Å². The molecule has 0 spiro atoms. The van der Waals surface area contributed by atoms with Gasteiger partial charge in [0, 0.05) is 6.07 Å². The van der Waals surface area contributed by atoms with Crippen LogP contribution in [0, 0.1) is 5.95 Å². The lowest BCUT2D eigenvalue weighted by Gasteiger charge is -2.33. The van der Waals surface area contributed by atoms with E-state index in [1.165, 1.54) is 12.1 Å². The van der Waals surface area contributed by atoms with Gasteiger partial charge in [-0.15, -0.1) is 0 Å². The lowest BCUT2D eigenvalue weighted by molar-refractivity contribution is 0.0150. The first-order valence-electron chi connectivity index (χ1n) is 5.93. The predicted molar refractivity (Wildman–Crippen MR) is 66.7 cm³/mol. The van der Waals surface area contributed by atoms with Gasteiger partial charge < -0.3 is 9.84 Å². The van der Waals surface area contributed by atoms with E-state index in [0.29, 0.717) is 0 Å². The number of allylic oxidation sites excluding steroid dienone is 2. The van der Waals surface area contributed by atoms with Crippen molar-refractivity contribution in [2.75, 3.05) is 0 Å². The largest absolute Gasteiger partial charge is 0.464 e. The molecule has 2 atom stereocenters. The van der Waals surface area contributed by atoms with Crippen molar-refractivity contribution in [2.45, 2.75) is 32.0 Å². The second-order valence-electron chi connectivity index (χ2n) is 4.46. The Balaban J connectivity index is 2.19. The Morgan fingerprint density at radius 3 is 2.89 bits per heavy atom. The molecule has 0 saturated carbocycles. The Morgan fingerprint density at radius 2 is 2.28 bits per heavy atom. The van der Waals surface area contributed by atoms with Crippen molar-refractivity contribution in [2.24, 2.45) is 0 Å². The summed E-state index contributed by atoms with van der Waals surface area (Å²) >= 11 is 0. The van der Waals surface area contributed by atoms with Crippen LogP contribution in [-0.4, -0.2) is 21.8 Å². The highest BCUT2D eigenvalue weighted by Gasteiger charge is 2.34. The third-order valence-electron chi connectivity index (χ3n) is 3.01. The summed E-state index contributed by atoms with van der Waals surface area (Å²) in [6.45, 7) is 3.75. The van der Waals surface area contributed by atoms with Crippen LogP contribution in [0.5, 0.6) is 5.88 Å². The maximum Gasteiger partial charge on any atom is 0.216 e. The molecule has 0 amide bonds.